The number of esters is 1. The van der Waals surface area contributed by atoms with Gasteiger partial charge in [-0.05, 0) is 24.5 Å². The van der Waals surface area contributed by atoms with Crippen molar-refractivity contribution in [1.82, 2.24) is 4.90 Å². The van der Waals surface area contributed by atoms with Crippen LogP contribution >= 0.6 is 0 Å². The number of carbonyl (C=O) groups excluding carboxylic acids is 1. The monoisotopic (exact) mass is 304 g/mol. The second-order valence-electron chi connectivity index (χ2n) is 5.16. The van der Waals surface area contributed by atoms with E-state index in [9.17, 15) is 14.9 Å². The quantitative estimate of drug-likeness (QED) is 0.349. The van der Waals surface area contributed by atoms with E-state index in [-0.39, 0.29) is 17.7 Å². The zero-order valence-corrected chi connectivity index (χ0v) is 12.7. The number of nitro benzene ring substituents is 1. The number of nitrogens with zero attached hydrogens (tertiary/aromatic N) is 2. The molecule has 1 aliphatic heterocycles. The summed E-state index contributed by atoms with van der Waals surface area (Å²) < 4.78 is 4.94. The van der Waals surface area contributed by atoms with Crippen LogP contribution < -0.4 is 0 Å². The van der Waals surface area contributed by atoms with Gasteiger partial charge in [0.05, 0.1) is 24.0 Å². The third-order valence-electron chi connectivity index (χ3n) is 3.85. The molecule has 0 bridgehead atoms. The molecule has 6 nitrogen and oxygen atoms in total. The Labute approximate surface area is 129 Å². The molecule has 6 heteroatoms. The van der Waals surface area contributed by atoms with Gasteiger partial charge in [0.2, 0.25) is 0 Å². The van der Waals surface area contributed by atoms with Crippen molar-refractivity contribution >= 4 is 11.7 Å². The highest BCUT2D eigenvalue weighted by atomic mass is 16.6. The van der Waals surface area contributed by atoms with Crippen molar-refractivity contribution in [2.45, 2.75) is 25.8 Å². The fourth-order valence-corrected chi connectivity index (χ4v) is 2.79. The van der Waals surface area contributed by atoms with Crippen molar-refractivity contribution in [3.63, 3.8) is 0 Å². The molecule has 1 atom stereocenters. The van der Waals surface area contributed by atoms with Crippen molar-refractivity contribution in [2.24, 2.45) is 0 Å². The molecule has 1 aliphatic rings. The molecule has 0 fully saturated rings. The molecule has 0 radical (unpaired) electrons. The molecule has 0 saturated heterocycles. The van der Waals surface area contributed by atoms with Crippen LogP contribution in [0.25, 0.3) is 0 Å². The molecule has 0 N–H and O–H groups in total. The molecule has 0 aromatic heterocycles. The molecule has 0 amide bonds. The number of fused-ring (bicyclic) bond motifs is 1. The first-order valence-corrected chi connectivity index (χ1v) is 7.36. The summed E-state index contributed by atoms with van der Waals surface area (Å²) in [4.78, 5) is 24.2. The first-order chi connectivity index (χ1) is 10.6. The van der Waals surface area contributed by atoms with E-state index in [0.29, 0.717) is 19.6 Å². The average molecular weight is 304 g/mol. The fraction of sp³-hybridized carbons (Fsp3) is 0.438. The number of non-ortho nitro benzene ring substituents is 1. The summed E-state index contributed by atoms with van der Waals surface area (Å²) >= 11 is 0. The van der Waals surface area contributed by atoms with Gasteiger partial charge in [-0.2, -0.15) is 0 Å². The number of rotatable bonds is 6. The maximum absolute atomic E-state index is 11.5. The molecule has 0 spiro atoms. The van der Waals surface area contributed by atoms with Gasteiger partial charge < -0.3 is 4.74 Å². The van der Waals surface area contributed by atoms with Crippen LogP contribution in [0, 0.1) is 10.1 Å². The van der Waals surface area contributed by atoms with Gasteiger partial charge in [-0.15, -0.1) is 6.58 Å². The molecule has 1 unspecified atom stereocenters. The first kappa shape index (κ1) is 16.2. The van der Waals surface area contributed by atoms with E-state index in [1.807, 2.05) is 6.07 Å². The molecule has 118 valence electrons. The second-order valence-corrected chi connectivity index (χ2v) is 5.16. The van der Waals surface area contributed by atoms with Crippen LogP contribution in [0.5, 0.6) is 0 Å². The van der Waals surface area contributed by atoms with Crippen molar-refractivity contribution in [3.8, 4) is 0 Å². The lowest BCUT2D eigenvalue weighted by Crippen LogP contribution is -2.36. The topological polar surface area (TPSA) is 72.7 Å². The fourth-order valence-electron chi connectivity index (χ4n) is 2.79. The molecule has 1 heterocycles. The normalized spacial score (nSPS) is 17.6. The number of nitro groups is 1. The molecule has 0 saturated carbocycles. The lowest BCUT2D eigenvalue weighted by Gasteiger charge is -2.35. The SMILES string of the molecule is C=CC1c2cc([N+](=O)[O-])ccc2CCN1CCC(=O)OCC. The zero-order valence-electron chi connectivity index (χ0n) is 12.7. The minimum Gasteiger partial charge on any atom is -0.466 e. The lowest BCUT2D eigenvalue weighted by molar-refractivity contribution is -0.385. The summed E-state index contributed by atoms with van der Waals surface area (Å²) in [6.07, 6.45) is 2.88. The number of hydrogen-bond donors (Lipinski definition) is 0. The molecular formula is C16H20N2O4. The Bertz CT molecular complexity index is 586. The highest BCUT2D eigenvalue weighted by Gasteiger charge is 2.27. The van der Waals surface area contributed by atoms with E-state index < -0.39 is 4.92 Å². The van der Waals surface area contributed by atoms with E-state index in [4.69, 9.17) is 4.74 Å². The maximum Gasteiger partial charge on any atom is 0.307 e. The lowest BCUT2D eigenvalue weighted by atomic mass is 9.92. The Kier molecular flexibility index (Phi) is 5.27. The molecule has 22 heavy (non-hydrogen) atoms. The Morgan fingerprint density at radius 3 is 3.00 bits per heavy atom. The first-order valence-electron chi connectivity index (χ1n) is 7.36. The number of ether oxygens (including phenoxy) is 1. The molecule has 1 aromatic carbocycles. The summed E-state index contributed by atoms with van der Waals surface area (Å²) in [5.41, 5.74) is 2.08. The van der Waals surface area contributed by atoms with Crippen LogP contribution in [0.1, 0.15) is 30.5 Å². The van der Waals surface area contributed by atoms with Crippen molar-refractivity contribution in [1.29, 1.82) is 0 Å². The van der Waals surface area contributed by atoms with Gasteiger partial charge in [-0.25, -0.2) is 0 Å². The highest BCUT2D eigenvalue weighted by molar-refractivity contribution is 5.69. The van der Waals surface area contributed by atoms with Crippen LogP contribution in [0.15, 0.2) is 30.9 Å². The third kappa shape index (κ3) is 3.51. The Hall–Kier alpha value is -2.21. The van der Waals surface area contributed by atoms with Gasteiger partial charge in [0.25, 0.3) is 5.69 Å². The van der Waals surface area contributed by atoms with Gasteiger partial charge in [0.15, 0.2) is 0 Å². The third-order valence-corrected chi connectivity index (χ3v) is 3.85. The minimum atomic E-state index is -0.391. The van der Waals surface area contributed by atoms with Gasteiger partial charge in [0, 0.05) is 25.2 Å². The second kappa shape index (κ2) is 7.17. The predicted octanol–water partition coefficient (Wildman–Crippen LogP) is 2.63. The van der Waals surface area contributed by atoms with Crippen LogP contribution in [-0.4, -0.2) is 35.5 Å². The number of carbonyl (C=O) groups is 1. The van der Waals surface area contributed by atoms with E-state index >= 15 is 0 Å². The van der Waals surface area contributed by atoms with E-state index in [1.54, 1.807) is 19.1 Å². The van der Waals surface area contributed by atoms with E-state index in [0.717, 1.165) is 24.1 Å². The Morgan fingerprint density at radius 2 is 2.36 bits per heavy atom. The Morgan fingerprint density at radius 1 is 1.59 bits per heavy atom. The molecule has 1 aromatic rings. The van der Waals surface area contributed by atoms with Crippen LogP contribution in [0.4, 0.5) is 5.69 Å². The standard InChI is InChI=1S/C16H20N2O4/c1-3-15-14-11-13(18(20)21)6-5-12(14)7-9-17(15)10-8-16(19)22-4-2/h3,5-6,11,15H,1,4,7-10H2,2H3. The van der Waals surface area contributed by atoms with E-state index in [1.165, 1.54) is 6.07 Å². The summed E-state index contributed by atoms with van der Waals surface area (Å²) in [7, 11) is 0. The highest BCUT2D eigenvalue weighted by Crippen LogP contribution is 2.33. The molecule has 2 rings (SSSR count). The molecular weight excluding hydrogens is 284 g/mol. The van der Waals surface area contributed by atoms with Crippen molar-refractivity contribution in [2.75, 3.05) is 19.7 Å². The van der Waals surface area contributed by atoms with E-state index in [2.05, 4.69) is 11.5 Å². The van der Waals surface area contributed by atoms with Gasteiger partial charge >= 0.3 is 5.97 Å². The van der Waals surface area contributed by atoms with Crippen LogP contribution in [0.3, 0.4) is 0 Å². The summed E-state index contributed by atoms with van der Waals surface area (Å²) in [6, 6.07) is 4.84. The number of benzene rings is 1. The predicted molar refractivity (Wildman–Crippen MR) is 82.6 cm³/mol. The van der Waals surface area contributed by atoms with Gasteiger partial charge in [-0.1, -0.05) is 12.1 Å². The zero-order chi connectivity index (χ0) is 16.1. The number of hydrogen-bond acceptors (Lipinski definition) is 5. The summed E-state index contributed by atoms with van der Waals surface area (Å²) in [5.74, 6) is -0.227. The maximum atomic E-state index is 11.5. The Balaban J connectivity index is 2.16. The average Bonchev–Trinajstić information content (AvgIpc) is 2.51. The van der Waals surface area contributed by atoms with Gasteiger partial charge in [-0.3, -0.25) is 19.8 Å². The van der Waals surface area contributed by atoms with Crippen molar-refractivity contribution in [3.05, 3.63) is 52.1 Å². The summed E-state index contributed by atoms with van der Waals surface area (Å²) in [6.45, 7) is 7.34. The minimum absolute atomic E-state index is 0.0813. The largest absolute Gasteiger partial charge is 0.466 e. The van der Waals surface area contributed by atoms with Crippen molar-refractivity contribution < 1.29 is 14.5 Å². The molecule has 0 aliphatic carbocycles. The summed E-state index contributed by atoms with van der Waals surface area (Å²) in [5, 5.41) is 11.0. The van der Waals surface area contributed by atoms with Gasteiger partial charge in [0.1, 0.15) is 0 Å². The van der Waals surface area contributed by atoms with Crippen LogP contribution in [0.2, 0.25) is 0 Å². The smallest absolute Gasteiger partial charge is 0.307 e. The van der Waals surface area contributed by atoms with Crippen LogP contribution in [-0.2, 0) is 16.0 Å².